The summed E-state index contributed by atoms with van der Waals surface area (Å²) in [4.78, 5) is 26.5. The van der Waals surface area contributed by atoms with Crippen LogP contribution in [0.4, 0.5) is 11.4 Å². The topological polar surface area (TPSA) is 49.4 Å². The summed E-state index contributed by atoms with van der Waals surface area (Å²) in [6, 6.07) is 11.3. The van der Waals surface area contributed by atoms with Crippen LogP contribution in [0.1, 0.15) is 28.7 Å². The number of anilines is 2. The second kappa shape index (κ2) is 6.11. The number of carbonyl (C=O) groups excluding carboxylic acids is 2. The summed E-state index contributed by atoms with van der Waals surface area (Å²) >= 11 is 0. The van der Waals surface area contributed by atoms with E-state index in [0.29, 0.717) is 5.69 Å². The largest absolute Gasteiger partial charge is 0.373 e. The van der Waals surface area contributed by atoms with Crippen LogP contribution < -0.4 is 10.2 Å². The second-order valence-electron chi connectivity index (χ2n) is 6.56. The minimum atomic E-state index is -0.514. The van der Waals surface area contributed by atoms with Gasteiger partial charge in [-0.3, -0.25) is 9.59 Å². The van der Waals surface area contributed by atoms with Crippen LogP contribution in [-0.4, -0.2) is 17.9 Å². The molecule has 4 heteroatoms. The van der Waals surface area contributed by atoms with Crippen LogP contribution in [-0.2, 0) is 9.59 Å². The lowest BCUT2D eigenvalue weighted by Crippen LogP contribution is -2.35. The molecule has 1 aliphatic rings. The fourth-order valence-corrected chi connectivity index (χ4v) is 2.99. The van der Waals surface area contributed by atoms with Gasteiger partial charge in [-0.2, -0.15) is 0 Å². The van der Waals surface area contributed by atoms with Crippen LogP contribution in [0, 0.1) is 27.7 Å². The van der Waals surface area contributed by atoms with E-state index in [0.717, 1.165) is 22.4 Å². The van der Waals surface area contributed by atoms with Crippen LogP contribution in [0.15, 0.2) is 36.4 Å². The van der Waals surface area contributed by atoms with Crippen molar-refractivity contribution in [3.63, 3.8) is 0 Å². The molecule has 1 atom stereocenters. The first-order chi connectivity index (χ1) is 11.4. The first kappa shape index (κ1) is 16.2. The third-order valence-electron chi connectivity index (χ3n) is 4.60. The van der Waals surface area contributed by atoms with Crippen molar-refractivity contribution in [3.05, 3.63) is 58.7 Å². The van der Waals surface area contributed by atoms with Gasteiger partial charge >= 0.3 is 0 Å². The average Bonchev–Trinajstić information content (AvgIpc) is 2.80. The Labute approximate surface area is 142 Å². The van der Waals surface area contributed by atoms with Gasteiger partial charge in [-0.25, -0.2) is 4.90 Å². The number of carbonyl (C=O) groups is 2. The lowest BCUT2D eigenvalue weighted by molar-refractivity contribution is -0.121. The molecule has 1 unspecified atom stereocenters. The molecule has 1 saturated heterocycles. The predicted molar refractivity (Wildman–Crippen MR) is 96.4 cm³/mol. The normalized spacial score (nSPS) is 17.5. The molecule has 2 aromatic rings. The molecule has 0 saturated carbocycles. The molecule has 0 aromatic heterocycles. The molecule has 0 radical (unpaired) electrons. The Bertz CT molecular complexity index is 826. The highest BCUT2D eigenvalue weighted by Gasteiger charge is 2.40. The molecule has 1 heterocycles. The minimum absolute atomic E-state index is 0.157. The molecular formula is C20H22N2O2. The van der Waals surface area contributed by atoms with Crippen LogP contribution in [0.25, 0.3) is 0 Å². The van der Waals surface area contributed by atoms with Crippen molar-refractivity contribution >= 4 is 23.2 Å². The molecule has 1 fully saturated rings. The molecule has 1 aliphatic heterocycles. The van der Waals surface area contributed by atoms with E-state index < -0.39 is 6.04 Å². The van der Waals surface area contributed by atoms with Crippen molar-refractivity contribution in [2.24, 2.45) is 0 Å². The fourth-order valence-electron chi connectivity index (χ4n) is 2.99. The maximum absolute atomic E-state index is 12.8. The average molecular weight is 322 g/mol. The van der Waals surface area contributed by atoms with E-state index in [1.165, 1.54) is 10.5 Å². The monoisotopic (exact) mass is 322 g/mol. The van der Waals surface area contributed by atoms with Crippen molar-refractivity contribution in [3.8, 4) is 0 Å². The summed E-state index contributed by atoms with van der Waals surface area (Å²) in [6.45, 7) is 7.95. The summed E-state index contributed by atoms with van der Waals surface area (Å²) in [7, 11) is 0. The van der Waals surface area contributed by atoms with E-state index in [1.54, 1.807) is 0 Å². The van der Waals surface area contributed by atoms with Gasteiger partial charge in [-0.1, -0.05) is 18.2 Å². The highest BCUT2D eigenvalue weighted by molar-refractivity contribution is 6.23. The standard InChI is InChI=1S/C20H22N2O2/c1-12-5-6-14(3)18(9-12)22-19(23)11-17(20(22)24)21-16-8-7-13(2)15(4)10-16/h5-10,17,21H,11H2,1-4H3. The van der Waals surface area contributed by atoms with Crippen LogP contribution in [0.3, 0.4) is 0 Å². The highest BCUT2D eigenvalue weighted by atomic mass is 16.2. The maximum Gasteiger partial charge on any atom is 0.256 e. The van der Waals surface area contributed by atoms with E-state index in [1.807, 2.05) is 64.1 Å². The molecular weight excluding hydrogens is 300 g/mol. The molecule has 2 amide bonds. The number of benzene rings is 2. The molecule has 0 spiro atoms. The lowest BCUT2D eigenvalue weighted by atomic mass is 10.1. The Morgan fingerprint density at radius 3 is 2.33 bits per heavy atom. The van der Waals surface area contributed by atoms with Crippen LogP contribution in [0.5, 0.6) is 0 Å². The molecule has 0 bridgehead atoms. The predicted octanol–water partition coefficient (Wildman–Crippen LogP) is 3.66. The summed E-state index contributed by atoms with van der Waals surface area (Å²) < 4.78 is 0. The molecule has 124 valence electrons. The maximum atomic E-state index is 12.8. The number of rotatable bonds is 3. The fraction of sp³-hybridized carbons (Fsp3) is 0.300. The van der Waals surface area contributed by atoms with Gasteiger partial charge in [0, 0.05) is 5.69 Å². The van der Waals surface area contributed by atoms with Gasteiger partial charge in [0.1, 0.15) is 6.04 Å². The Hall–Kier alpha value is -2.62. The van der Waals surface area contributed by atoms with Gasteiger partial charge in [-0.05, 0) is 68.1 Å². The molecule has 1 N–H and O–H groups in total. The number of imide groups is 1. The third-order valence-corrected chi connectivity index (χ3v) is 4.60. The molecule has 4 nitrogen and oxygen atoms in total. The summed E-state index contributed by atoms with van der Waals surface area (Å²) in [5, 5.41) is 3.21. The summed E-state index contributed by atoms with van der Waals surface area (Å²) in [5.41, 5.74) is 5.87. The number of hydrogen-bond donors (Lipinski definition) is 1. The molecule has 2 aromatic carbocycles. The van der Waals surface area contributed by atoms with Crippen molar-refractivity contribution in [2.45, 2.75) is 40.2 Å². The van der Waals surface area contributed by atoms with E-state index in [9.17, 15) is 9.59 Å². The minimum Gasteiger partial charge on any atom is -0.373 e. The van der Waals surface area contributed by atoms with E-state index in [4.69, 9.17) is 0 Å². The highest BCUT2D eigenvalue weighted by Crippen LogP contribution is 2.28. The van der Waals surface area contributed by atoms with Crippen LogP contribution >= 0.6 is 0 Å². The van der Waals surface area contributed by atoms with Gasteiger partial charge in [-0.15, -0.1) is 0 Å². The Morgan fingerprint density at radius 2 is 1.62 bits per heavy atom. The first-order valence-corrected chi connectivity index (χ1v) is 8.14. The van der Waals surface area contributed by atoms with Crippen molar-refractivity contribution in [1.82, 2.24) is 0 Å². The first-order valence-electron chi connectivity index (χ1n) is 8.14. The van der Waals surface area contributed by atoms with Crippen molar-refractivity contribution in [2.75, 3.05) is 10.2 Å². The van der Waals surface area contributed by atoms with Gasteiger partial charge in [0.15, 0.2) is 0 Å². The zero-order chi connectivity index (χ0) is 17.4. The zero-order valence-corrected chi connectivity index (χ0v) is 14.5. The molecule has 3 rings (SSSR count). The zero-order valence-electron chi connectivity index (χ0n) is 14.5. The van der Waals surface area contributed by atoms with Crippen molar-refractivity contribution in [1.29, 1.82) is 0 Å². The lowest BCUT2D eigenvalue weighted by Gasteiger charge is -2.19. The SMILES string of the molecule is Cc1ccc(C)c(N2C(=O)CC(Nc3ccc(C)c(C)c3)C2=O)c1. The molecule has 24 heavy (non-hydrogen) atoms. The Kier molecular flexibility index (Phi) is 4.14. The second-order valence-corrected chi connectivity index (χ2v) is 6.56. The summed E-state index contributed by atoms with van der Waals surface area (Å²) in [6.07, 6.45) is 0.180. The van der Waals surface area contributed by atoms with Crippen molar-refractivity contribution < 1.29 is 9.59 Å². The number of nitrogens with zero attached hydrogens (tertiary/aromatic N) is 1. The van der Waals surface area contributed by atoms with E-state index in [-0.39, 0.29) is 18.2 Å². The van der Waals surface area contributed by atoms with Gasteiger partial charge < -0.3 is 5.32 Å². The number of aryl methyl sites for hydroxylation is 4. The Morgan fingerprint density at radius 1 is 0.917 bits per heavy atom. The number of amides is 2. The number of nitrogens with one attached hydrogen (secondary N) is 1. The van der Waals surface area contributed by atoms with Gasteiger partial charge in [0.25, 0.3) is 5.91 Å². The van der Waals surface area contributed by atoms with Gasteiger partial charge in [0.05, 0.1) is 12.1 Å². The summed E-state index contributed by atoms with van der Waals surface area (Å²) in [5.74, 6) is -0.345. The van der Waals surface area contributed by atoms with Gasteiger partial charge in [0.2, 0.25) is 5.91 Å². The molecule has 0 aliphatic carbocycles. The third kappa shape index (κ3) is 2.92. The smallest absolute Gasteiger partial charge is 0.256 e. The quantitative estimate of drug-likeness (QED) is 0.877. The van der Waals surface area contributed by atoms with E-state index in [2.05, 4.69) is 5.32 Å². The Balaban J connectivity index is 1.86. The number of hydrogen-bond acceptors (Lipinski definition) is 3. The van der Waals surface area contributed by atoms with Crippen LogP contribution in [0.2, 0.25) is 0 Å². The van der Waals surface area contributed by atoms with E-state index >= 15 is 0 Å².